The van der Waals surface area contributed by atoms with Gasteiger partial charge >= 0.3 is 19.8 Å². The number of ether oxygens (including phenoxy) is 2. The lowest BCUT2D eigenvalue weighted by atomic mass is 10.0. The third kappa shape index (κ3) is 67.9. The summed E-state index contributed by atoms with van der Waals surface area (Å²) in [5, 5.41) is 0. The molecule has 0 spiro atoms. The number of rotatable bonds is 65. The van der Waals surface area contributed by atoms with Gasteiger partial charge in [0.2, 0.25) is 0 Å². The highest BCUT2D eigenvalue weighted by Crippen LogP contribution is 2.43. The van der Waals surface area contributed by atoms with Crippen molar-refractivity contribution in [2.45, 2.75) is 328 Å². The van der Waals surface area contributed by atoms with Crippen LogP contribution in [0.4, 0.5) is 0 Å². The van der Waals surface area contributed by atoms with Gasteiger partial charge in [0, 0.05) is 19.4 Å². The maximum atomic E-state index is 12.7. The molecule has 0 saturated carbocycles. The highest BCUT2D eigenvalue weighted by Gasteiger charge is 2.26. The smallest absolute Gasteiger partial charge is 0.462 e. The third-order valence-corrected chi connectivity index (χ3v) is 15.9. The Labute approximate surface area is 512 Å². The first-order valence-corrected chi connectivity index (χ1v) is 36.2. The van der Waals surface area contributed by atoms with Crippen molar-refractivity contribution < 1.29 is 37.6 Å². The summed E-state index contributed by atoms with van der Waals surface area (Å²) in [6.45, 7) is 3.63. The molecule has 3 N–H and O–H groups in total. The van der Waals surface area contributed by atoms with E-state index in [-0.39, 0.29) is 38.6 Å². The van der Waals surface area contributed by atoms with Gasteiger partial charge in [0.1, 0.15) is 6.61 Å². The SMILES string of the molecule is CC/C=C\C/C=C\C/C=C\C/C=C\C/C=C\CCCCCCCCCC(=O)OC(COC(=O)CCCCCCCCCCCCCCCCCCCCCCCCCC/C=C\C/C=C\C/C=C\CCCCCCC)COP(=O)(O)OCCN. The monoisotopic (exact) mass is 1180 g/mol. The fourth-order valence-electron chi connectivity index (χ4n) is 9.85. The fourth-order valence-corrected chi connectivity index (χ4v) is 10.6. The van der Waals surface area contributed by atoms with E-state index in [1.54, 1.807) is 0 Å². The Morgan fingerprint density at radius 2 is 0.663 bits per heavy atom. The van der Waals surface area contributed by atoms with Crippen molar-refractivity contribution in [1.29, 1.82) is 0 Å². The van der Waals surface area contributed by atoms with E-state index in [1.807, 2.05) is 0 Å². The van der Waals surface area contributed by atoms with Gasteiger partial charge < -0.3 is 20.1 Å². The Hall–Kier alpha value is -3.07. The maximum absolute atomic E-state index is 12.7. The standard InChI is InChI=1S/C73H130NO8P/c1-3-5-7-9-11-13-15-17-19-21-23-25-27-28-29-30-31-32-33-34-35-36-37-38-39-40-41-42-44-45-47-49-51-53-55-57-59-61-63-65-72(75)79-69-71(70-81-83(77,78)80-68-67-74)82-73(76)66-64-62-60-58-56-54-52-50-48-46-43-26-24-22-20-18-16-14-12-10-8-6-4-2/h6,8,12,14-15,17-18,20-21,23-24,26-28,46,48,71H,3-5,7,9-11,13,16,19,22,25,29-45,47,49-70,74H2,1-2H3,(H,77,78)/b8-6-,14-12-,17-15-,20-18-,23-21-,26-24-,28-27-,48-46-. The minimum Gasteiger partial charge on any atom is -0.462 e. The van der Waals surface area contributed by atoms with Crippen LogP contribution in [0, 0.1) is 0 Å². The summed E-state index contributed by atoms with van der Waals surface area (Å²) in [6.07, 6.45) is 92.2. The average molecular weight is 1180 g/mol. The Morgan fingerprint density at radius 3 is 0.988 bits per heavy atom. The molecule has 0 bridgehead atoms. The predicted molar refractivity (Wildman–Crippen MR) is 358 cm³/mol. The summed E-state index contributed by atoms with van der Waals surface area (Å²) in [5.41, 5.74) is 5.40. The zero-order valence-electron chi connectivity index (χ0n) is 53.9. The molecule has 0 aliphatic carbocycles. The van der Waals surface area contributed by atoms with Crippen LogP contribution in [0.2, 0.25) is 0 Å². The van der Waals surface area contributed by atoms with Crippen LogP contribution in [0.3, 0.4) is 0 Å². The van der Waals surface area contributed by atoms with Crippen LogP contribution >= 0.6 is 7.82 Å². The van der Waals surface area contributed by atoms with E-state index < -0.39 is 26.5 Å². The minimum absolute atomic E-state index is 0.0486. The predicted octanol–water partition coefficient (Wildman–Crippen LogP) is 22.7. The highest BCUT2D eigenvalue weighted by atomic mass is 31.2. The van der Waals surface area contributed by atoms with Crippen molar-refractivity contribution in [3.8, 4) is 0 Å². The van der Waals surface area contributed by atoms with Gasteiger partial charge in [-0.25, -0.2) is 4.57 Å². The molecule has 0 radical (unpaired) electrons. The number of unbranched alkanes of at least 4 members (excludes halogenated alkanes) is 36. The van der Waals surface area contributed by atoms with Gasteiger partial charge in [-0.1, -0.05) is 310 Å². The average Bonchev–Trinajstić information content (AvgIpc) is 3.48. The summed E-state index contributed by atoms with van der Waals surface area (Å²) in [7, 11) is -4.40. The van der Waals surface area contributed by atoms with E-state index in [9.17, 15) is 19.0 Å². The summed E-state index contributed by atoms with van der Waals surface area (Å²) >= 11 is 0. The van der Waals surface area contributed by atoms with Crippen molar-refractivity contribution in [3.63, 3.8) is 0 Å². The summed E-state index contributed by atoms with van der Waals surface area (Å²) in [6, 6.07) is 0. The van der Waals surface area contributed by atoms with Crippen LogP contribution in [-0.4, -0.2) is 49.3 Å². The van der Waals surface area contributed by atoms with Crippen LogP contribution in [0.15, 0.2) is 97.2 Å². The molecule has 0 aromatic rings. The topological polar surface area (TPSA) is 134 Å². The molecule has 0 saturated heterocycles. The van der Waals surface area contributed by atoms with Gasteiger partial charge in [0.05, 0.1) is 13.2 Å². The quantitative estimate of drug-likeness (QED) is 0.0264. The number of phosphoric acid groups is 1. The molecule has 10 heteroatoms. The molecule has 0 aliphatic rings. The van der Waals surface area contributed by atoms with E-state index in [0.29, 0.717) is 6.42 Å². The summed E-state index contributed by atoms with van der Waals surface area (Å²) in [5.74, 6) is -0.833. The van der Waals surface area contributed by atoms with Gasteiger partial charge in [-0.3, -0.25) is 18.6 Å². The maximum Gasteiger partial charge on any atom is 0.472 e. The van der Waals surface area contributed by atoms with Crippen molar-refractivity contribution in [2.75, 3.05) is 26.4 Å². The lowest BCUT2D eigenvalue weighted by molar-refractivity contribution is -0.161. The molecule has 0 amide bonds. The van der Waals surface area contributed by atoms with Crippen LogP contribution < -0.4 is 5.73 Å². The largest absolute Gasteiger partial charge is 0.472 e. The van der Waals surface area contributed by atoms with E-state index in [2.05, 4.69) is 111 Å². The number of carbonyl (C=O) groups is 2. The van der Waals surface area contributed by atoms with E-state index in [4.69, 9.17) is 24.3 Å². The Bertz CT molecular complexity index is 1680. The normalized spacial score (nSPS) is 13.5. The molecule has 480 valence electrons. The Balaban J connectivity index is 3.82. The number of nitrogens with two attached hydrogens (primary N) is 1. The van der Waals surface area contributed by atoms with Crippen LogP contribution in [-0.2, 0) is 32.7 Å². The number of hydrogen-bond acceptors (Lipinski definition) is 8. The molecular weight excluding hydrogens is 1050 g/mol. The van der Waals surface area contributed by atoms with Crippen molar-refractivity contribution in [1.82, 2.24) is 0 Å². The number of phosphoric ester groups is 1. The van der Waals surface area contributed by atoms with Crippen LogP contribution in [0.1, 0.15) is 322 Å². The van der Waals surface area contributed by atoms with E-state index >= 15 is 0 Å². The van der Waals surface area contributed by atoms with Gasteiger partial charge in [-0.05, 0) is 96.3 Å². The molecule has 0 aromatic heterocycles. The fraction of sp³-hybridized carbons (Fsp3) is 0.753. The van der Waals surface area contributed by atoms with Crippen LogP contribution in [0.5, 0.6) is 0 Å². The molecule has 2 unspecified atom stereocenters. The number of hydrogen-bond donors (Lipinski definition) is 2. The lowest BCUT2D eigenvalue weighted by Crippen LogP contribution is -2.29. The van der Waals surface area contributed by atoms with Crippen molar-refractivity contribution in [2.24, 2.45) is 5.73 Å². The molecule has 0 aliphatic heterocycles. The van der Waals surface area contributed by atoms with Crippen molar-refractivity contribution >= 4 is 19.8 Å². The third-order valence-electron chi connectivity index (χ3n) is 15.0. The molecule has 2 atom stereocenters. The molecular formula is C73H130NO8P. The first-order chi connectivity index (χ1) is 40.8. The Kier molecular flexibility index (Phi) is 65.5. The molecule has 0 rings (SSSR count). The lowest BCUT2D eigenvalue weighted by Gasteiger charge is -2.19. The van der Waals surface area contributed by atoms with Crippen LogP contribution in [0.25, 0.3) is 0 Å². The molecule has 9 nitrogen and oxygen atoms in total. The first-order valence-electron chi connectivity index (χ1n) is 34.7. The summed E-state index contributed by atoms with van der Waals surface area (Å²) < 4.78 is 33.1. The molecule has 0 heterocycles. The molecule has 0 fully saturated rings. The van der Waals surface area contributed by atoms with Gasteiger partial charge in [-0.2, -0.15) is 0 Å². The van der Waals surface area contributed by atoms with E-state index in [1.165, 1.54) is 199 Å². The minimum atomic E-state index is -4.40. The number of esters is 2. The van der Waals surface area contributed by atoms with Gasteiger partial charge in [0.25, 0.3) is 0 Å². The molecule has 83 heavy (non-hydrogen) atoms. The second-order valence-corrected chi connectivity index (χ2v) is 24.5. The highest BCUT2D eigenvalue weighted by molar-refractivity contribution is 7.47. The van der Waals surface area contributed by atoms with Crippen molar-refractivity contribution in [3.05, 3.63) is 97.2 Å². The van der Waals surface area contributed by atoms with Gasteiger partial charge in [0.15, 0.2) is 6.10 Å². The zero-order valence-corrected chi connectivity index (χ0v) is 54.8. The van der Waals surface area contributed by atoms with Gasteiger partial charge in [-0.15, -0.1) is 0 Å². The second-order valence-electron chi connectivity index (χ2n) is 23.0. The van der Waals surface area contributed by atoms with E-state index in [0.717, 1.165) is 89.9 Å². The second kappa shape index (κ2) is 68.0. The first kappa shape index (κ1) is 79.9. The number of allylic oxidation sites excluding steroid dienone is 16. The number of carbonyl (C=O) groups excluding carboxylic acids is 2. The molecule has 0 aromatic carbocycles. The summed E-state index contributed by atoms with van der Waals surface area (Å²) in [4.78, 5) is 35.3. The zero-order chi connectivity index (χ0) is 60.1. The Morgan fingerprint density at radius 1 is 0.373 bits per heavy atom.